The van der Waals surface area contributed by atoms with E-state index >= 15 is 0 Å². The first-order valence-corrected chi connectivity index (χ1v) is 10.5. The Hall–Kier alpha value is -1.89. The number of para-hydroxylation sites is 1. The molecule has 3 N–H and O–H groups in total. The van der Waals surface area contributed by atoms with Gasteiger partial charge in [0.25, 0.3) is 0 Å². The van der Waals surface area contributed by atoms with Crippen LogP contribution in [0, 0.1) is 5.92 Å². The Balaban J connectivity index is 0.00000261. The largest absolute Gasteiger partial charge is 0.327 e. The van der Waals surface area contributed by atoms with Crippen molar-refractivity contribution in [3.63, 3.8) is 0 Å². The SMILES string of the molecule is Cl.N[C@@H]1CCC[C@H]1CC(=O)Nc1ccccc1CS(=O)(=O)c1ccccc1. The zero-order valence-corrected chi connectivity index (χ0v) is 16.6. The number of nitrogens with two attached hydrogens (primary N) is 1. The van der Waals surface area contributed by atoms with Crippen molar-refractivity contribution in [2.45, 2.75) is 42.4 Å². The number of carbonyl (C=O) groups excluding carboxylic acids is 1. The van der Waals surface area contributed by atoms with Gasteiger partial charge in [-0.2, -0.15) is 0 Å². The Morgan fingerprint density at radius 1 is 1.04 bits per heavy atom. The van der Waals surface area contributed by atoms with Crippen molar-refractivity contribution >= 4 is 33.8 Å². The van der Waals surface area contributed by atoms with Crippen molar-refractivity contribution < 1.29 is 13.2 Å². The van der Waals surface area contributed by atoms with Crippen molar-refractivity contribution in [1.29, 1.82) is 0 Å². The van der Waals surface area contributed by atoms with Gasteiger partial charge in [-0.3, -0.25) is 4.79 Å². The number of amides is 1. The molecule has 0 unspecified atom stereocenters. The zero-order valence-electron chi connectivity index (χ0n) is 15.0. The Morgan fingerprint density at radius 3 is 2.37 bits per heavy atom. The zero-order chi connectivity index (χ0) is 18.6. The summed E-state index contributed by atoms with van der Waals surface area (Å²) in [5, 5.41) is 2.87. The molecule has 1 aliphatic carbocycles. The Kier molecular flexibility index (Phi) is 7.41. The molecule has 146 valence electrons. The molecule has 2 aromatic rings. The van der Waals surface area contributed by atoms with E-state index in [1.807, 2.05) is 0 Å². The van der Waals surface area contributed by atoms with E-state index in [4.69, 9.17) is 5.73 Å². The number of rotatable bonds is 6. The fourth-order valence-corrected chi connectivity index (χ4v) is 4.84. The quantitative estimate of drug-likeness (QED) is 0.764. The standard InChI is InChI=1S/C20H24N2O3S.ClH/c21-18-11-6-8-15(18)13-20(23)22-19-12-5-4-7-16(19)14-26(24,25)17-9-2-1-3-10-17;/h1-5,7,9-10,12,15,18H,6,8,11,13-14,21H2,(H,22,23);1H/t15-,18+;/m0./s1. The average Bonchev–Trinajstić information content (AvgIpc) is 3.02. The molecule has 27 heavy (non-hydrogen) atoms. The predicted octanol–water partition coefficient (Wildman–Crippen LogP) is 3.54. The van der Waals surface area contributed by atoms with Crippen LogP contribution in [0.15, 0.2) is 59.5 Å². The minimum absolute atomic E-state index is 0. The third-order valence-electron chi connectivity index (χ3n) is 4.90. The Bertz CT molecular complexity index is 872. The summed E-state index contributed by atoms with van der Waals surface area (Å²) in [4.78, 5) is 12.7. The minimum Gasteiger partial charge on any atom is -0.327 e. The summed E-state index contributed by atoms with van der Waals surface area (Å²) in [5.74, 6) is -0.0664. The van der Waals surface area contributed by atoms with Gasteiger partial charge in [-0.15, -0.1) is 12.4 Å². The van der Waals surface area contributed by atoms with Crippen LogP contribution in [0.25, 0.3) is 0 Å². The van der Waals surface area contributed by atoms with Crippen molar-refractivity contribution in [3.05, 3.63) is 60.2 Å². The smallest absolute Gasteiger partial charge is 0.224 e. The van der Waals surface area contributed by atoms with E-state index in [1.165, 1.54) is 0 Å². The lowest BCUT2D eigenvalue weighted by atomic mass is 10.00. The molecule has 1 aliphatic rings. The molecular formula is C20H25ClN2O3S. The van der Waals surface area contributed by atoms with Gasteiger partial charge in [0.1, 0.15) is 0 Å². The average molecular weight is 409 g/mol. The van der Waals surface area contributed by atoms with Gasteiger partial charge in [0.15, 0.2) is 9.84 Å². The van der Waals surface area contributed by atoms with Crippen LogP contribution < -0.4 is 11.1 Å². The van der Waals surface area contributed by atoms with Gasteiger partial charge in [0, 0.05) is 18.2 Å². The van der Waals surface area contributed by atoms with Gasteiger partial charge in [0.2, 0.25) is 5.91 Å². The molecule has 1 fully saturated rings. The van der Waals surface area contributed by atoms with Crippen LogP contribution in [0.4, 0.5) is 5.69 Å². The van der Waals surface area contributed by atoms with Gasteiger partial charge in [-0.25, -0.2) is 8.42 Å². The van der Waals surface area contributed by atoms with Crippen LogP contribution in [0.3, 0.4) is 0 Å². The summed E-state index contributed by atoms with van der Waals surface area (Å²) in [6, 6.07) is 15.5. The molecule has 5 nitrogen and oxygen atoms in total. The van der Waals surface area contributed by atoms with Crippen molar-refractivity contribution in [2.75, 3.05) is 5.32 Å². The first kappa shape index (κ1) is 21.4. The number of sulfone groups is 1. The van der Waals surface area contributed by atoms with Gasteiger partial charge in [0.05, 0.1) is 10.6 Å². The Labute approximate surface area is 166 Å². The maximum Gasteiger partial charge on any atom is 0.224 e. The van der Waals surface area contributed by atoms with Crippen LogP contribution in [0.5, 0.6) is 0 Å². The summed E-state index contributed by atoms with van der Waals surface area (Å²) in [5.41, 5.74) is 7.17. The lowest BCUT2D eigenvalue weighted by Gasteiger charge is -2.16. The third kappa shape index (κ3) is 5.54. The number of carbonyl (C=O) groups is 1. The van der Waals surface area contributed by atoms with Crippen LogP contribution in [0.2, 0.25) is 0 Å². The van der Waals surface area contributed by atoms with E-state index in [1.54, 1.807) is 54.6 Å². The second-order valence-corrected chi connectivity index (χ2v) is 8.83. The summed E-state index contributed by atoms with van der Waals surface area (Å²) >= 11 is 0. The highest BCUT2D eigenvalue weighted by molar-refractivity contribution is 7.90. The van der Waals surface area contributed by atoms with Gasteiger partial charge in [-0.1, -0.05) is 42.8 Å². The monoisotopic (exact) mass is 408 g/mol. The van der Waals surface area contributed by atoms with E-state index in [0.29, 0.717) is 17.7 Å². The van der Waals surface area contributed by atoms with Crippen LogP contribution in [-0.2, 0) is 20.4 Å². The molecule has 0 saturated heterocycles. The maximum absolute atomic E-state index is 12.6. The van der Waals surface area contributed by atoms with Crippen LogP contribution in [0.1, 0.15) is 31.2 Å². The molecule has 3 rings (SSSR count). The normalized spacial score (nSPS) is 19.3. The van der Waals surface area contributed by atoms with E-state index in [0.717, 1.165) is 19.3 Å². The number of hydrogen-bond acceptors (Lipinski definition) is 4. The Morgan fingerprint density at radius 2 is 1.70 bits per heavy atom. The highest BCUT2D eigenvalue weighted by Crippen LogP contribution is 2.28. The highest BCUT2D eigenvalue weighted by Gasteiger charge is 2.26. The van der Waals surface area contributed by atoms with Crippen LogP contribution >= 0.6 is 12.4 Å². The predicted molar refractivity (Wildman–Crippen MR) is 110 cm³/mol. The van der Waals surface area contributed by atoms with E-state index in [9.17, 15) is 13.2 Å². The van der Waals surface area contributed by atoms with E-state index in [2.05, 4.69) is 5.32 Å². The van der Waals surface area contributed by atoms with E-state index < -0.39 is 9.84 Å². The first-order chi connectivity index (χ1) is 12.5. The summed E-state index contributed by atoms with van der Waals surface area (Å²) in [6.45, 7) is 0. The fourth-order valence-electron chi connectivity index (χ4n) is 3.44. The molecule has 0 aliphatic heterocycles. The van der Waals surface area contributed by atoms with Gasteiger partial charge < -0.3 is 11.1 Å². The number of anilines is 1. The molecule has 1 amide bonds. The molecule has 1 saturated carbocycles. The molecule has 2 aromatic carbocycles. The molecule has 0 spiro atoms. The second-order valence-electron chi connectivity index (χ2n) is 6.84. The fraction of sp³-hybridized carbons (Fsp3) is 0.350. The maximum atomic E-state index is 12.6. The van der Waals surface area contributed by atoms with E-state index in [-0.39, 0.29) is 40.9 Å². The lowest BCUT2D eigenvalue weighted by Crippen LogP contribution is -2.28. The summed E-state index contributed by atoms with van der Waals surface area (Å²) in [6.07, 6.45) is 3.37. The molecule has 0 bridgehead atoms. The topological polar surface area (TPSA) is 89.3 Å². The summed E-state index contributed by atoms with van der Waals surface area (Å²) < 4.78 is 25.3. The molecule has 7 heteroatoms. The lowest BCUT2D eigenvalue weighted by molar-refractivity contribution is -0.117. The van der Waals surface area contributed by atoms with Crippen molar-refractivity contribution in [3.8, 4) is 0 Å². The number of benzene rings is 2. The molecule has 0 heterocycles. The molecule has 2 atom stereocenters. The molecule has 0 aromatic heterocycles. The van der Waals surface area contributed by atoms with Crippen molar-refractivity contribution in [2.24, 2.45) is 11.7 Å². The first-order valence-electron chi connectivity index (χ1n) is 8.87. The number of nitrogens with one attached hydrogen (secondary N) is 1. The molecular weight excluding hydrogens is 384 g/mol. The van der Waals surface area contributed by atoms with Gasteiger partial charge >= 0.3 is 0 Å². The third-order valence-corrected chi connectivity index (χ3v) is 6.59. The second kappa shape index (κ2) is 9.35. The molecule has 0 radical (unpaired) electrons. The van der Waals surface area contributed by atoms with Crippen molar-refractivity contribution in [1.82, 2.24) is 0 Å². The highest BCUT2D eigenvalue weighted by atomic mass is 35.5. The number of hydrogen-bond donors (Lipinski definition) is 2. The summed E-state index contributed by atoms with van der Waals surface area (Å²) in [7, 11) is -3.47. The minimum atomic E-state index is -3.47. The van der Waals surface area contributed by atoms with Gasteiger partial charge in [-0.05, 0) is 42.5 Å². The van der Waals surface area contributed by atoms with Crippen LogP contribution in [-0.4, -0.2) is 20.4 Å². The number of halogens is 1.